The lowest BCUT2D eigenvalue weighted by molar-refractivity contribution is -0.118. The highest BCUT2D eigenvalue weighted by molar-refractivity contribution is 7.17. The fraction of sp³-hybridized carbons (Fsp3) is 0.714. The van der Waals surface area contributed by atoms with Crippen molar-refractivity contribution in [2.45, 2.75) is 60.3 Å². The maximum absolute atomic E-state index is 12.9. The zero-order valence-electron chi connectivity index (χ0n) is 17.2. The molecule has 0 saturated heterocycles. The molecule has 0 spiro atoms. The van der Waals surface area contributed by atoms with Gasteiger partial charge in [-0.05, 0) is 49.0 Å². The van der Waals surface area contributed by atoms with Gasteiger partial charge in [-0.1, -0.05) is 27.7 Å². The lowest BCUT2D eigenvalue weighted by Crippen LogP contribution is -2.29. The van der Waals surface area contributed by atoms with Crippen molar-refractivity contribution < 1.29 is 14.3 Å². The predicted octanol–water partition coefficient (Wildman–Crippen LogP) is 4.01. The number of rotatable bonds is 7. The molecule has 0 atom stereocenters. The monoisotopic (exact) mass is 392 g/mol. The summed E-state index contributed by atoms with van der Waals surface area (Å²) in [6, 6.07) is 0. The average Bonchev–Trinajstić information content (AvgIpc) is 2.88. The van der Waals surface area contributed by atoms with Gasteiger partial charge in [-0.2, -0.15) is 0 Å². The van der Waals surface area contributed by atoms with Crippen LogP contribution in [-0.2, 0) is 22.4 Å². The Bertz CT molecular complexity index is 722. The molecule has 0 unspecified atom stereocenters. The number of amides is 2. The molecule has 0 aliphatic heterocycles. The Morgan fingerprint density at radius 1 is 1.15 bits per heavy atom. The molecule has 0 bridgehead atoms. The van der Waals surface area contributed by atoms with Gasteiger partial charge in [-0.3, -0.25) is 9.59 Å². The van der Waals surface area contributed by atoms with E-state index in [9.17, 15) is 9.59 Å². The van der Waals surface area contributed by atoms with Crippen LogP contribution in [-0.4, -0.2) is 31.6 Å². The molecule has 1 saturated carbocycles. The second kappa shape index (κ2) is 7.55. The quantitative estimate of drug-likeness (QED) is 0.689. The van der Waals surface area contributed by atoms with Crippen LogP contribution in [0.15, 0.2) is 0 Å². The standard InChI is InChI=1S/C21H32N2O3S/c1-6-26-12-11-22-17(24)15-13-9-7-8-10-14(13)27-19(15)23-18(25)16-20(2,3)21(16,4)5/h16H,6-12H2,1-5H3,(H,22,24)(H,23,25). The Morgan fingerprint density at radius 2 is 1.81 bits per heavy atom. The second-order valence-corrected chi connectivity index (χ2v) is 9.84. The first-order chi connectivity index (χ1) is 12.7. The van der Waals surface area contributed by atoms with Crippen molar-refractivity contribution in [1.82, 2.24) is 5.32 Å². The van der Waals surface area contributed by atoms with Crippen molar-refractivity contribution in [3.8, 4) is 0 Å². The minimum Gasteiger partial charge on any atom is -0.380 e. The SMILES string of the molecule is CCOCCNC(=O)c1c(NC(=O)C2C(C)(C)C2(C)C)sc2c1CCCC2. The van der Waals surface area contributed by atoms with Crippen molar-refractivity contribution >= 4 is 28.2 Å². The van der Waals surface area contributed by atoms with Crippen LogP contribution in [0, 0.1) is 16.7 Å². The van der Waals surface area contributed by atoms with E-state index in [0.717, 1.165) is 36.2 Å². The molecule has 1 aromatic heterocycles. The maximum atomic E-state index is 12.9. The van der Waals surface area contributed by atoms with Gasteiger partial charge >= 0.3 is 0 Å². The Hall–Kier alpha value is -1.40. The number of hydrogen-bond donors (Lipinski definition) is 2. The van der Waals surface area contributed by atoms with Gasteiger partial charge < -0.3 is 15.4 Å². The summed E-state index contributed by atoms with van der Waals surface area (Å²) in [5.74, 6) is -0.0938. The number of fused-ring (bicyclic) bond motifs is 1. The van der Waals surface area contributed by atoms with Gasteiger partial charge in [0.25, 0.3) is 5.91 Å². The summed E-state index contributed by atoms with van der Waals surface area (Å²) in [5, 5.41) is 6.78. The summed E-state index contributed by atoms with van der Waals surface area (Å²) in [6.07, 6.45) is 4.15. The summed E-state index contributed by atoms with van der Waals surface area (Å²) in [4.78, 5) is 27.1. The van der Waals surface area contributed by atoms with Gasteiger partial charge in [-0.25, -0.2) is 0 Å². The number of carbonyl (C=O) groups is 2. The van der Waals surface area contributed by atoms with Crippen molar-refractivity contribution in [3.63, 3.8) is 0 Å². The Morgan fingerprint density at radius 3 is 2.44 bits per heavy atom. The van der Waals surface area contributed by atoms with E-state index in [1.807, 2.05) is 6.92 Å². The summed E-state index contributed by atoms with van der Waals surface area (Å²) in [6.45, 7) is 12.1. The third-order valence-corrected chi connectivity index (χ3v) is 7.86. The number of ether oxygens (including phenoxy) is 1. The molecule has 2 amide bonds. The Labute approximate surface area is 166 Å². The van der Waals surface area contributed by atoms with E-state index in [-0.39, 0.29) is 28.6 Å². The molecule has 0 radical (unpaired) electrons. The van der Waals surface area contributed by atoms with Gasteiger partial charge in [0.2, 0.25) is 5.91 Å². The van der Waals surface area contributed by atoms with Crippen LogP contribution < -0.4 is 10.6 Å². The van der Waals surface area contributed by atoms with E-state index in [0.29, 0.717) is 25.3 Å². The summed E-state index contributed by atoms with van der Waals surface area (Å²) >= 11 is 1.58. The molecule has 0 aromatic carbocycles. The summed E-state index contributed by atoms with van der Waals surface area (Å²) in [7, 11) is 0. The minimum absolute atomic E-state index is 0.0200. The molecule has 1 aromatic rings. The molecule has 5 nitrogen and oxygen atoms in total. The van der Waals surface area contributed by atoms with Gasteiger partial charge in [0, 0.05) is 23.9 Å². The van der Waals surface area contributed by atoms with Gasteiger partial charge in [0.1, 0.15) is 5.00 Å². The van der Waals surface area contributed by atoms with Gasteiger partial charge in [-0.15, -0.1) is 11.3 Å². The third kappa shape index (κ3) is 3.66. The number of aryl methyl sites for hydroxylation is 1. The lowest BCUT2D eigenvalue weighted by atomic mass is 9.95. The number of hydrogen-bond acceptors (Lipinski definition) is 4. The van der Waals surface area contributed by atoms with Crippen LogP contribution in [0.25, 0.3) is 0 Å². The first-order valence-corrected chi connectivity index (χ1v) is 10.8. The number of anilines is 1. The van der Waals surface area contributed by atoms with Gasteiger partial charge in [0.15, 0.2) is 0 Å². The van der Waals surface area contributed by atoms with E-state index >= 15 is 0 Å². The number of carbonyl (C=O) groups excluding carboxylic acids is 2. The van der Waals surface area contributed by atoms with Crippen molar-refractivity contribution in [3.05, 3.63) is 16.0 Å². The molecule has 1 heterocycles. The molecule has 150 valence electrons. The first kappa shape index (κ1) is 20.3. The minimum atomic E-state index is -0.0984. The normalized spacial score (nSPS) is 20.0. The lowest BCUT2D eigenvalue weighted by Gasteiger charge is -2.13. The van der Waals surface area contributed by atoms with Crippen LogP contribution in [0.4, 0.5) is 5.00 Å². The summed E-state index contributed by atoms with van der Waals surface area (Å²) < 4.78 is 5.31. The zero-order chi connectivity index (χ0) is 19.8. The molecule has 6 heteroatoms. The van der Waals surface area contributed by atoms with Crippen molar-refractivity contribution in [2.24, 2.45) is 16.7 Å². The average molecular weight is 393 g/mol. The van der Waals surface area contributed by atoms with Crippen molar-refractivity contribution in [1.29, 1.82) is 0 Å². The number of nitrogens with one attached hydrogen (secondary N) is 2. The van der Waals surface area contributed by atoms with Crippen LogP contribution in [0.1, 0.15) is 68.3 Å². The predicted molar refractivity (Wildman–Crippen MR) is 109 cm³/mol. The highest BCUT2D eigenvalue weighted by Crippen LogP contribution is 2.68. The summed E-state index contributed by atoms with van der Waals surface area (Å²) in [5.41, 5.74) is 1.77. The molecular formula is C21H32N2O3S. The van der Waals surface area contributed by atoms with E-state index in [2.05, 4.69) is 38.3 Å². The van der Waals surface area contributed by atoms with E-state index < -0.39 is 0 Å². The molecule has 2 N–H and O–H groups in total. The molecule has 3 rings (SSSR count). The first-order valence-electron chi connectivity index (χ1n) is 10.0. The van der Waals surface area contributed by atoms with E-state index in [1.165, 1.54) is 4.88 Å². The Kier molecular flexibility index (Phi) is 5.69. The molecule has 27 heavy (non-hydrogen) atoms. The molecule has 2 aliphatic carbocycles. The van der Waals surface area contributed by atoms with Crippen LogP contribution in [0.5, 0.6) is 0 Å². The van der Waals surface area contributed by atoms with Crippen molar-refractivity contribution in [2.75, 3.05) is 25.1 Å². The smallest absolute Gasteiger partial charge is 0.254 e. The number of thiophene rings is 1. The van der Waals surface area contributed by atoms with Crippen LogP contribution in [0.2, 0.25) is 0 Å². The van der Waals surface area contributed by atoms with E-state index in [4.69, 9.17) is 4.74 Å². The maximum Gasteiger partial charge on any atom is 0.254 e. The zero-order valence-corrected chi connectivity index (χ0v) is 18.0. The highest BCUT2D eigenvalue weighted by atomic mass is 32.1. The van der Waals surface area contributed by atoms with Crippen LogP contribution >= 0.6 is 11.3 Å². The highest BCUT2D eigenvalue weighted by Gasteiger charge is 2.68. The fourth-order valence-electron chi connectivity index (χ4n) is 4.40. The molecule has 2 aliphatic rings. The Balaban J connectivity index is 1.79. The topological polar surface area (TPSA) is 67.4 Å². The van der Waals surface area contributed by atoms with E-state index in [1.54, 1.807) is 11.3 Å². The van der Waals surface area contributed by atoms with Gasteiger partial charge in [0.05, 0.1) is 12.2 Å². The largest absolute Gasteiger partial charge is 0.380 e. The molecular weight excluding hydrogens is 360 g/mol. The van der Waals surface area contributed by atoms with Crippen LogP contribution in [0.3, 0.4) is 0 Å². The fourth-order valence-corrected chi connectivity index (χ4v) is 5.69. The molecule has 1 fully saturated rings. The third-order valence-electron chi connectivity index (χ3n) is 6.65. The second-order valence-electron chi connectivity index (χ2n) is 8.73.